The number of hydrogen-bond acceptors (Lipinski definition) is 5. The van der Waals surface area contributed by atoms with Gasteiger partial charge in [0.2, 0.25) is 5.28 Å². The molecule has 1 heterocycles. The van der Waals surface area contributed by atoms with Crippen molar-refractivity contribution in [1.29, 1.82) is 0 Å². The lowest BCUT2D eigenvalue weighted by Gasteiger charge is -2.11. The highest BCUT2D eigenvalue weighted by molar-refractivity contribution is 6.28. The fourth-order valence-electron chi connectivity index (χ4n) is 1.97. The van der Waals surface area contributed by atoms with E-state index in [-0.39, 0.29) is 17.3 Å². The van der Waals surface area contributed by atoms with Gasteiger partial charge in [0, 0.05) is 0 Å². The van der Waals surface area contributed by atoms with E-state index >= 15 is 0 Å². The van der Waals surface area contributed by atoms with Gasteiger partial charge < -0.3 is 9.47 Å². The molecule has 20 heavy (non-hydrogen) atoms. The maximum Gasteiger partial charge on any atom is 0.329 e. The molecule has 0 spiro atoms. The molecule has 0 saturated carbocycles. The zero-order chi connectivity index (χ0) is 14.7. The van der Waals surface area contributed by atoms with Crippen LogP contribution in [0.5, 0.6) is 17.8 Å². The number of halogens is 1. The van der Waals surface area contributed by atoms with E-state index in [1.807, 2.05) is 39.8 Å². The number of aryl methyl sites for hydroxylation is 3. The Hall–Kier alpha value is -1.88. The molecule has 0 aliphatic carbocycles. The molecule has 0 aliphatic rings. The van der Waals surface area contributed by atoms with Crippen LogP contribution in [0.25, 0.3) is 0 Å². The summed E-state index contributed by atoms with van der Waals surface area (Å²) < 4.78 is 11.0. The first-order valence-electron chi connectivity index (χ1n) is 6.29. The number of nitrogens with zero attached hydrogens (tertiary/aromatic N) is 3. The van der Waals surface area contributed by atoms with Crippen LogP contribution in [0.3, 0.4) is 0 Å². The van der Waals surface area contributed by atoms with Gasteiger partial charge in [-0.25, -0.2) is 0 Å². The van der Waals surface area contributed by atoms with Crippen LogP contribution in [-0.2, 0) is 0 Å². The first kappa shape index (κ1) is 14.5. The highest BCUT2D eigenvalue weighted by atomic mass is 35.5. The predicted octanol–water partition coefficient (Wildman–Crippen LogP) is 3.64. The summed E-state index contributed by atoms with van der Waals surface area (Å²) >= 11 is 5.83. The van der Waals surface area contributed by atoms with Crippen LogP contribution in [0.2, 0.25) is 5.28 Å². The third-order valence-corrected chi connectivity index (χ3v) is 2.81. The molecule has 2 rings (SSSR count). The molecule has 5 nitrogen and oxygen atoms in total. The van der Waals surface area contributed by atoms with Crippen molar-refractivity contribution in [3.63, 3.8) is 0 Å². The Bertz CT molecular complexity index is 609. The number of aromatic nitrogens is 3. The smallest absolute Gasteiger partial charge is 0.329 e. The van der Waals surface area contributed by atoms with Gasteiger partial charge in [0.1, 0.15) is 5.75 Å². The number of ether oxygens (including phenoxy) is 2. The molecule has 6 heteroatoms. The van der Waals surface area contributed by atoms with Crippen LogP contribution in [0.4, 0.5) is 0 Å². The summed E-state index contributed by atoms with van der Waals surface area (Å²) in [5, 5.41) is 0.0425. The highest BCUT2D eigenvalue weighted by Gasteiger charge is 2.11. The quantitative estimate of drug-likeness (QED) is 0.861. The summed E-state index contributed by atoms with van der Waals surface area (Å²) in [6, 6.07) is 4.36. The summed E-state index contributed by atoms with van der Waals surface area (Å²) in [6.45, 7) is 8.27. The summed E-state index contributed by atoms with van der Waals surface area (Å²) in [5.74, 6) is 0.723. The lowest BCUT2D eigenvalue weighted by Crippen LogP contribution is -2.02. The first-order valence-corrected chi connectivity index (χ1v) is 6.67. The molecule has 0 radical (unpaired) electrons. The fourth-order valence-corrected chi connectivity index (χ4v) is 2.12. The third kappa shape index (κ3) is 3.36. The maximum absolute atomic E-state index is 5.83. The van der Waals surface area contributed by atoms with Gasteiger partial charge in [0.05, 0.1) is 6.61 Å². The number of rotatable bonds is 4. The molecule has 0 unspecified atom stereocenters. The molecule has 0 aliphatic heterocycles. The van der Waals surface area contributed by atoms with Gasteiger partial charge in [-0.2, -0.15) is 9.97 Å². The van der Waals surface area contributed by atoms with Gasteiger partial charge in [0.15, 0.2) is 0 Å². The van der Waals surface area contributed by atoms with Crippen molar-refractivity contribution in [2.45, 2.75) is 27.7 Å². The minimum absolute atomic E-state index is 0.0425. The van der Waals surface area contributed by atoms with Gasteiger partial charge in [0.25, 0.3) is 0 Å². The fraction of sp³-hybridized carbons (Fsp3) is 0.357. The SMILES string of the molecule is CCOc1nc(Cl)nc(Oc2c(C)cc(C)cc2C)n1. The van der Waals surface area contributed by atoms with Crippen LogP contribution in [-0.4, -0.2) is 21.6 Å². The van der Waals surface area contributed by atoms with E-state index in [0.29, 0.717) is 6.61 Å². The zero-order valence-corrected chi connectivity index (χ0v) is 12.7. The Morgan fingerprint density at radius 2 is 1.60 bits per heavy atom. The van der Waals surface area contributed by atoms with Crippen molar-refractivity contribution in [1.82, 2.24) is 15.0 Å². The molecule has 0 bridgehead atoms. The molecular weight excluding hydrogens is 278 g/mol. The van der Waals surface area contributed by atoms with Gasteiger partial charge in [-0.1, -0.05) is 17.7 Å². The third-order valence-electron chi connectivity index (χ3n) is 2.64. The second-order valence-electron chi connectivity index (χ2n) is 4.43. The summed E-state index contributed by atoms with van der Waals surface area (Å²) in [5.41, 5.74) is 3.20. The maximum atomic E-state index is 5.83. The van der Waals surface area contributed by atoms with Gasteiger partial charge in [-0.05, 0) is 50.4 Å². The average Bonchev–Trinajstić information content (AvgIpc) is 2.33. The number of benzene rings is 1. The minimum atomic E-state index is 0.0425. The topological polar surface area (TPSA) is 57.1 Å². The van der Waals surface area contributed by atoms with Crippen LogP contribution in [0.15, 0.2) is 12.1 Å². The van der Waals surface area contributed by atoms with Gasteiger partial charge >= 0.3 is 12.0 Å². The van der Waals surface area contributed by atoms with Crippen molar-refractivity contribution in [3.05, 3.63) is 34.1 Å². The van der Waals surface area contributed by atoms with Crippen molar-refractivity contribution in [3.8, 4) is 17.8 Å². The minimum Gasteiger partial charge on any atom is -0.464 e. The Balaban J connectivity index is 2.35. The second kappa shape index (κ2) is 6.05. The van der Waals surface area contributed by atoms with Crippen molar-refractivity contribution in [2.75, 3.05) is 6.61 Å². The summed E-state index contributed by atoms with van der Waals surface area (Å²) in [7, 11) is 0. The van der Waals surface area contributed by atoms with E-state index in [4.69, 9.17) is 21.1 Å². The van der Waals surface area contributed by atoms with Crippen molar-refractivity contribution >= 4 is 11.6 Å². The largest absolute Gasteiger partial charge is 0.464 e. The number of hydrogen-bond donors (Lipinski definition) is 0. The molecule has 2 aromatic rings. The molecular formula is C14H16ClN3O2. The van der Waals surface area contributed by atoms with Crippen molar-refractivity contribution < 1.29 is 9.47 Å². The van der Waals surface area contributed by atoms with E-state index in [1.54, 1.807) is 0 Å². The monoisotopic (exact) mass is 293 g/mol. The summed E-state index contributed by atoms with van der Waals surface area (Å²) in [6.07, 6.45) is 0. The standard InChI is InChI=1S/C14H16ClN3O2/c1-5-19-13-16-12(15)17-14(18-13)20-11-9(3)6-8(2)7-10(11)4/h6-7H,5H2,1-4H3. The first-order chi connectivity index (χ1) is 9.49. The van der Waals surface area contributed by atoms with E-state index in [2.05, 4.69) is 15.0 Å². The Morgan fingerprint density at radius 1 is 1.00 bits per heavy atom. The average molecular weight is 294 g/mol. The van der Waals surface area contributed by atoms with Crippen LogP contribution in [0, 0.1) is 20.8 Å². The Labute approximate surface area is 123 Å². The van der Waals surface area contributed by atoms with Crippen LogP contribution >= 0.6 is 11.6 Å². The van der Waals surface area contributed by atoms with E-state index in [9.17, 15) is 0 Å². The Morgan fingerprint density at radius 3 is 2.20 bits per heavy atom. The van der Waals surface area contributed by atoms with Crippen molar-refractivity contribution in [2.24, 2.45) is 0 Å². The summed E-state index contributed by atoms with van der Waals surface area (Å²) in [4.78, 5) is 11.9. The lowest BCUT2D eigenvalue weighted by atomic mass is 10.1. The lowest BCUT2D eigenvalue weighted by molar-refractivity contribution is 0.302. The van der Waals surface area contributed by atoms with Gasteiger partial charge in [-0.15, -0.1) is 4.98 Å². The molecule has 0 amide bonds. The molecule has 1 aromatic heterocycles. The molecule has 0 fully saturated rings. The highest BCUT2D eigenvalue weighted by Crippen LogP contribution is 2.28. The Kier molecular flexibility index (Phi) is 4.39. The molecule has 1 aromatic carbocycles. The van der Waals surface area contributed by atoms with E-state index in [0.717, 1.165) is 16.9 Å². The van der Waals surface area contributed by atoms with Gasteiger partial charge in [-0.3, -0.25) is 0 Å². The molecule has 0 atom stereocenters. The zero-order valence-electron chi connectivity index (χ0n) is 11.9. The van der Waals surface area contributed by atoms with E-state index in [1.165, 1.54) is 5.56 Å². The predicted molar refractivity (Wildman–Crippen MR) is 76.7 cm³/mol. The second-order valence-corrected chi connectivity index (χ2v) is 4.77. The van der Waals surface area contributed by atoms with E-state index < -0.39 is 0 Å². The normalized spacial score (nSPS) is 10.4. The van der Waals surface area contributed by atoms with Crippen LogP contribution in [0.1, 0.15) is 23.6 Å². The molecule has 0 saturated heterocycles. The molecule has 0 N–H and O–H groups in total. The van der Waals surface area contributed by atoms with Crippen LogP contribution < -0.4 is 9.47 Å². The molecule has 106 valence electrons.